The number of carboxylic acids is 1. The zero-order chi connectivity index (χ0) is 17.9. The van der Waals surface area contributed by atoms with Gasteiger partial charge in [-0.15, -0.1) is 5.73 Å². The second kappa shape index (κ2) is 10.8. The van der Waals surface area contributed by atoms with Crippen molar-refractivity contribution in [3.63, 3.8) is 0 Å². The van der Waals surface area contributed by atoms with Crippen LogP contribution in [0.3, 0.4) is 0 Å². The van der Waals surface area contributed by atoms with Gasteiger partial charge >= 0.3 is 5.97 Å². The molecule has 0 radical (unpaired) electrons. The van der Waals surface area contributed by atoms with E-state index in [4.69, 9.17) is 5.11 Å². The van der Waals surface area contributed by atoms with Gasteiger partial charge in [0.15, 0.2) is 11.9 Å². The van der Waals surface area contributed by atoms with E-state index in [0.717, 1.165) is 6.42 Å². The predicted octanol–water partition coefficient (Wildman–Crippen LogP) is 3.82. The molecule has 24 heavy (non-hydrogen) atoms. The summed E-state index contributed by atoms with van der Waals surface area (Å²) in [6.07, 6.45) is 13.5. The van der Waals surface area contributed by atoms with Crippen molar-refractivity contribution in [2.75, 3.05) is 0 Å². The minimum absolute atomic E-state index is 0.0451. The molecule has 4 nitrogen and oxygen atoms in total. The zero-order valence-corrected chi connectivity index (χ0v) is 14.6. The SMILES string of the molecule is CCCCCC=C[C@H]1C=CC(=O)[C@@H]1CC=C=C(C)CC(O)C(=O)O. The molecule has 0 aliphatic heterocycles. The van der Waals surface area contributed by atoms with Crippen molar-refractivity contribution in [3.8, 4) is 0 Å². The fourth-order valence-electron chi connectivity index (χ4n) is 2.69. The van der Waals surface area contributed by atoms with Crippen molar-refractivity contribution in [2.24, 2.45) is 11.8 Å². The number of hydrogen-bond donors (Lipinski definition) is 2. The van der Waals surface area contributed by atoms with Crippen LogP contribution in [0.1, 0.15) is 52.4 Å². The van der Waals surface area contributed by atoms with Crippen LogP contribution in [0.25, 0.3) is 0 Å². The summed E-state index contributed by atoms with van der Waals surface area (Å²) in [4.78, 5) is 22.6. The second-order valence-electron chi connectivity index (χ2n) is 6.29. The van der Waals surface area contributed by atoms with Crippen molar-refractivity contribution in [3.05, 3.63) is 41.7 Å². The van der Waals surface area contributed by atoms with Crippen LogP contribution in [0.2, 0.25) is 0 Å². The van der Waals surface area contributed by atoms with Crippen LogP contribution in [0, 0.1) is 11.8 Å². The Morgan fingerprint density at radius 3 is 2.83 bits per heavy atom. The summed E-state index contributed by atoms with van der Waals surface area (Å²) in [6.45, 7) is 3.90. The van der Waals surface area contributed by atoms with Crippen LogP contribution >= 0.6 is 0 Å². The Morgan fingerprint density at radius 1 is 1.42 bits per heavy atom. The van der Waals surface area contributed by atoms with Gasteiger partial charge in [-0.2, -0.15) is 0 Å². The highest BCUT2D eigenvalue weighted by Crippen LogP contribution is 2.27. The average molecular weight is 332 g/mol. The molecule has 2 N–H and O–H groups in total. The van der Waals surface area contributed by atoms with Gasteiger partial charge in [-0.1, -0.05) is 38.0 Å². The molecule has 0 aromatic carbocycles. The molecule has 0 fully saturated rings. The molecule has 0 amide bonds. The summed E-state index contributed by atoms with van der Waals surface area (Å²) >= 11 is 0. The van der Waals surface area contributed by atoms with Crippen LogP contribution in [0.4, 0.5) is 0 Å². The van der Waals surface area contributed by atoms with Gasteiger partial charge in [0.1, 0.15) is 0 Å². The van der Waals surface area contributed by atoms with Crippen LogP contribution in [-0.4, -0.2) is 28.1 Å². The van der Waals surface area contributed by atoms with Gasteiger partial charge in [0.05, 0.1) is 0 Å². The summed E-state index contributed by atoms with van der Waals surface area (Å²) in [6, 6.07) is 0. The number of unbranched alkanes of at least 4 members (excludes halogenated alkanes) is 3. The number of rotatable bonds is 10. The summed E-state index contributed by atoms with van der Waals surface area (Å²) in [5, 5.41) is 18.0. The monoisotopic (exact) mass is 332 g/mol. The third kappa shape index (κ3) is 7.12. The number of carbonyl (C=O) groups is 2. The number of carboxylic acid groups (broad SMARTS) is 1. The first-order valence-electron chi connectivity index (χ1n) is 8.66. The Bertz CT molecular complexity index is 550. The number of aliphatic hydroxyl groups excluding tert-OH is 1. The summed E-state index contributed by atoms with van der Waals surface area (Å²) < 4.78 is 0. The minimum atomic E-state index is -1.40. The lowest BCUT2D eigenvalue weighted by atomic mass is 9.90. The van der Waals surface area contributed by atoms with Crippen LogP contribution < -0.4 is 0 Å². The molecule has 0 saturated carbocycles. The van der Waals surface area contributed by atoms with Gasteiger partial charge in [0.2, 0.25) is 0 Å². The Labute approximate surface area is 144 Å². The Kier molecular flexibility index (Phi) is 9.06. The van der Waals surface area contributed by atoms with E-state index >= 15 is 0 Å². The average Bonchev–Trinajstić information content (AvgIpc) is 2.87. The predicted molar refractivity (Wildman–Crippen MR) is 94.6 cm³/mol. The lowest BCUT2D eigenvalue weighted by Crippen LogP contribution is -2.19. The lowest BCUT2D eigenvalue weighted by molar-refractivity contribution is -0.146. The van der Waals surface area contributed by atoms with Gasteiger partial charge in [-0.05, 0) is 43.9 Å². The van der Waals surface area contributed by atoms with E-state index in [9.17, 15) is 14.7 Å². The highest BCUT2D eigenvalue weighted by molar-refractivity contribution is 5.95. The summed E-state index contributed by atoms with van der Waals surface area (Å²) in [5.74, 6) is -1.08. The van der Waals surface area contributed by atoms with Gasteiger partial charge in [-0.25, -0.2) is 4.79 Å². The molecule has 0 spiro atoms. The molecule has 4 heteroatoms. The van der Waals surface area contributed by atoms with Crippen LogP contribution in [0.15, 0.2) is 41.7 Å². The highest BCUT2D eigenvalue weighted by atomic mass is 16.4. The van der Waals surface area contributed by atoms with E-state index in [2.05, 4.69) is 24.8 Å². The number of carbonyl (C=O) groups excluding carboxylic acids is 1. The van der Waals surface area contributed by atoms with Crippen molar-refractivity contribution in [1.29, 1.82) is 0 Å². The number of ketones is 1. The molecule has 1 rings (SSSR count). The number of aliphatic hydroxyl groups is 1. The molecular formula is C20H28O4. The normalized spacial score (nSPS) is 21.0. The minimum Gasteiger partial charge on any atom is -0.479 e. The van der Waals surface area contributed by atoms with E-state index in [0.29, 0.717) is 12.0 Å². The first kappa shape index (κ1) is 20.1. The fraction of sp³-hybridized carbons (Fsp3) is 0.550. The Hall–Kier alpha value is -1.90. The van der Waals surface area contributed by atoms with Gasteiger partial charge < -0.3 is 10.2 Å². The van der Waals surface area contributed by atoms with E-state index in [1.54, 1.807) is 19.1 Å². The van der Waals surface area contributed by atoms with Crippen molar-refractivity contribution in [1.82, 2.24) is 0 Å². The lowest BCUT2D eigenvalue weighted by Gasteiger charge is -2.12. The van der Waals surface area contributed by atoms with Crippen LogP contribution in [0.5, 0.6) is 0 Å². The standard InChI is InChI=1S/C20H28O4/c1-3-4-5-6-7-10-16-12-13-18(21)17(16)11-8-9-15(2)14-19(22)20(23)24/h7-8,10,12-13,16-17,19,22H,3-6,11,14H2,1-2H3,(H,23,24)/t9?,16-,17+,19?/m0/s1. The molecule has 1 aliphatic rings. The molecular weight excluding hydrogens is 304 g/mol. The molecule has 3 atom stereocenters. The Balaban J connectivity index is 2.56. The molecule has 132 valence electrons. The quantitative estimate of drug-likeness (QED) is 0.362. The number of hydrogen-bond acceptors (Lipinski definition) is 3. The first-order valence-corrected chi connectivity index (χ1v) is 8.66. The second-order valence-corrected chi connectivity index (χ2v) is 6.29. The van der Waals surface area contributed by atoms with E-state index in [1.165, 1.54) is 19.3 Å². The smallest absolute Gasteiger partial charge is 0.332 e. The Morgan fingerprint density at radius 2 is 2.17 bits per heavy atom. The molecule has 1 unspecified atom stereocenters. The highest BCUT2D eigenvalue weighted by Gasteiger charge is 2.26. The van der Waals surface area contributed by atoms with E-state index in [-0.39, 0.29) is 24.0 Å². The molecule has 1 aliphatic carbocycles. The third-order valence-electron chi connectivity index (χ3n) is 4.15. The molecule has 0 saturated heterocycles. The first-order chi connectivity index (χ1) is 11.5. The zero-order valence-electron chi connectivity index (χ0n) is 14.6. The van der Waals surface area contributed by atoms with Gasteiger partial charge in [-0.3, -0.25) is 4.79 Å². The van der Waals surface area contributed by atoms with Crippen molar-refractivity contribution < 1.29 is 19.8 Å². The molecule has 0 bridgehead atoms. The molecule has 0 aromatic rings. The van der Waals surface area contributed by atoms with Gasteiger partial charge in [0, 0.05) is 18.3 Å². The largest absolute Gasteiger partial charge is 0.479 e. The maximum absolute atomic E-state index is 12.0. The molecule has 0 aromatic heterocycles. The fourth-order valence-corrected chi connectivity index (χ4v) is 2.69. The number of allylic oxidation sites excluding steroid dienone is 4. The van der Waals surface area contributed by atoms with Crippen molar-refractivity contribution in [2.45, 2.75) is 58.5 Å². The van der Waals surface area contributed by atoms with Crippen LogP contribution in [-0.2, 0) is 9.59 Å². The maximum atomic E-state index is 12.0. The van der Waals surface area contributed by atoms with Gasteiger partial charge in [0.25, 0.3) is 0 Å². The van der Waals surface area contributed by atoms with Crippen molar-refractivity contribution >= 4 is 11.8 Å². The third-order valence-corrected chi connectivity index (χ3v) is 4.15. The number of aliphatic carboxylic acids is 1. The summed E-state index contributed by atoms with van der Waals surface area (Å²) in [5.41, 5.74) is 3.65. The molecule has 0 heterocycles. The topological polar surface area (TPSA) is 74.6 Å². The summed E-state index contributed by atoms with van der Waals surface area (Å²) in [7, 11) is 0. The van der Waals surface area contributed by atoms with E-state index in [1.807, 2.05) is 6.08 Å². The van der Waals surface area contributed by atoms with E-state index < -0.39 is 12.1 Å². The maximum Gasteiger partial charge on any atom is 0.332 e.